The number of nitrogens with zero attached hydrogens (tertiary/aromatic N) is 1. The van der Waals surface area contributed by atoms with Crippen molar-refractivity contribution < 1.29 is 22.3 Å². The number of carbonyl (C=O) groups excluding carboxylic acids is 2. The van der Waals surface area contributed by atoms with Gasteiger partial charge in [-0.05, 0) is 19.1 Å². The summed E-state index contributed by atoms with van der Waals surface area (Å²) in [5, 5.41) is 0. The minimum Gasteiger partial charge on any atom is -0.251 e. The van der Waals surface area contributed by atoms with Crippen LogP contribution >= 0.6 is 0 Å². The van der Waals surface area contributed by atoms with E-state index in [1.165, 1.54) is 12.1 Å². The molecular formula is C9H8NO4S+. The van der Waals surface area contributed by atoms with Gasteiger partial charge in [0.15, 0.2) is 0 Å². The summed E-state index contributed by atoms with van der Waals surface area (Å²) < 4.78 is 19.3. The van der Waals surface area contributed by atoms with Crippen LogP contribution in [0.15, 0.2) is 24.3 Å². The number of aryl methyl sites for hydroxylation is 1. The van der Waals surface area contributed by atoms with Gasteiger partial charge in [-0.1, -0.05) is 17.7 Å². The number of isocyanates is 1. The number of benzene rings is 1. The van der Waals surface area contributed by atoms with Gasteiger partial charge in [-0.2, -0.15) is 9.00 Å². The van der Waals surface area contributed by atoms with Gasteiger partial charge in [0.25, 0.3) is 0 Å². The van der Waals surface area contributed by atoms with Gasteiger partial charge in [-0.25, -0.2) is 4.79 Å². The van der Waals surface area contributed by atoms with E-state index < -0.39 is 17.2 Å². The maximum Gasteiger partial charge on any atom is 0.459 e. The molecule has 1 rings (SSSR count). The lowest BCUT2D eigenvalue weighted by molar-refractivity contribution is -0.259. The first-order valence-corrected chi connectivity index (χ1v) is 5.02. The molecule has 15 heavy (non-hydrogen) atoms. The number of hydrogen-bond acceptors (Lipinski definition) is 3. The summed E-state index contributed by atoms with van der Waals surface area (Å²) in [5.41, 5.74) is 1.10. The van der Waals surface area contributed by atoms with Crippen molar-refractivity contribution in [3.8, 4) is 0 Å². The van der Waals surface area contributed by atoms with Crippen LogP contribution in [0.5, 0.6) is 0 Å². The molecule has 5 nitrogen and oxygen atoms in total. The van der Waals surface area contributed by atoms with E-state index in [4.69, 9.17) is 4.55 Å². The summed E-state index contributed by atoms with van der Waals surface area (Å²) in [5.74, 6) is -0.856. The Balaban J connectivity index is 3.10. The fourth-order valence-corrected chi connectivity index (χ4v) is 1.27. The van der Waals surface area contributed by atoms with Crippen molar-refractivity contribution in [3.63, 3.8) is 0 Å². The third-order valence-electron chi connectivity index (χ3n) is 1.72. The van der Waals surface area contributed by atoms with Gasteiger partial charge in [0.2, 0.25) is 0 Å². The lowest BCUT2D eigenvalue weighted by Crippen LogP contribution is -2.22. The third kappa shape index (κ3) is 2.66. The molecule has 1 aromatic rings. The Hall–Kier alpha value is -1.62. The van der Waals surface area contributed by atoms with Crippen LogP contribution in [0.25, 0.3) is 0 Å². The van der Waals surface area contributed by atoms with E-state index in [9.17, 15) is 13.8 Å². The van der Waals surface area contributed by atoms with Crippen LogP contribution in [-0.4, -0.2) is 24.7 Å². The minimum atomic E-state index is -2.68. The molecule has 0 fully saturated rings. The molecule has 1 aromatic carbocycles. The molecule has 1 amide bonds. The molecular weight excluding hydrogens is 218 g/mol. The fourth-order valence-electron chi connectivity index (χ4n) is 0.958. The van der Waals surface area contributed by atoms with Crippen molar-refractivity contribution in [1.29, 1.82) is 0 Å². The average molecular weight is 226 g/mol. The fraction of sp³-hybridized carbons (Fsp3) is 0.111. The van der Waals surface area contributed by atoms with Crippen LogP contribution in [0.4, 0.5) is 0 Å². The average Bonchev–Trinajstić information content (AvgIpc) is 2.19. The quantitative estimate of drug-likeness (QED) is 0.347. The molecule has 1 N–H and O–H groups in total. The number of carbonyl (C=O) groups is 1. The Labute approximate surface area is 88.5 Å². The monoisotopic (exact) mass is 226 g/mol. The van der Waals surface area contributed by atoms with Gasteiger partial charge >= 0.3 is 23.3 Å². The van der Waals surface area contributed by atoms with E-state index in [2.05, 4.69) is 0 Å². The predicted molar refractivity (Wildman–Crippen MR) is 52.2 cm³/mol. The molecule has 0 aliphatic rings. The Morgan fingerprint density at radius 2 is 1.93 bits per heavy atom. The van der Waals surface area contributed by atoms with Crippen molar-refractivity contribution in [2.75, 3.05) is 0 Å². The Bertz CT molecular complexity index is 460. The predicted octanol–water partition coefficient (Wildman–Crippen LogP) is 0.620. The summed E-state index contributed by atoms with van der Waals surface area (Å²) in [6.45, 7) is 1.84. The Morgan fingerprint density at radius 1 is 1.40 bits per heavy atom. The van der Waals surface area contributed by atoms with Crippen LogP contribution in [0.1, 0.15) is 15.9 Å². The highest BCUT2D eigenvalue weighted by molar-refractivity contribution is 7.73. The first-order valence-electron chi connectivity index (χ1n) is 3.96. The standard InChI is InChI=1S/C9H7NO4S/c1-7-2-4-8(5-3-7)9(12)10(6-11)15(13)14/h2-5H,1H3/p+1. The molecule has 0 radical (unpaired) electrons. The Kier molecular flexibility index (Phi) is 3.62. The van der Waals surface area contributed by atoms with E-state index in [-0.39, 0.29) is 9.54 Å². The second-order valence-corrected chi connectivity index (χ2v) is 3.61. The molecule has 0 bridgehead atoms. The molecule has 0 aromatic heterocycles. The van der Waals surface area contributed by atoms with Gasteiger partial charge in [0.05, 0.1) is 5.56 Å². The summed E-state index contributed by atoms with van der Waals surface area (Å²) in [6.07, 6.45) is 1.10. The first-order chi connectivity index (χ1) is 7.06. The van der Waals surface area contributed by atoms with Gasteiger partial charge < -0.3 is 0 Å². The summed E-state index contributed by atoms with van der Waals surface area (Å²) in [7, 11) is 0. The van der Waals surface area contributed by atoms with Crippen LogP contribution in [0.2, 0.25) is 0 Å². The van der Waals surface area contributed by atoms with Crippen LogP contribution in [-0.2, 0) is 16.1 Å². The van der Waals surface area contributed by atoms with E-state index in [1.54, 1.807) is 12.1 Å². The van der Waals surface area contributed by atoms with E-state index in [1.807, 2.05) is 6.92 Å². The first kappa shape index (κ1) is 11.5. The summed E-state index contributed by atoms with van der Waals surface area (Å²) in [6, 6.07) is 6.26. The molecule has 0 aliphatic carbocycles. The lowest BCUT2D eigenvalue weighted by Gasteiger charge is -1.93. The molecule has 0 spiro atoms. The van der Waals surface area contributed by atoms with Gasteiger partial charge in [-0.3, -0.25) is 4.55 Å². The molecule has 0 saturated carbocycles. The van der Waals surface area contributed by atoms with Gasteiger partial charge in [0, 0.05) is 3.98 Å². The lowest BCUT2D eigenvalue weighted by atomic mass is 10.1. The number of amides is 1. The second kappa shape index (κ2) is 4.75. The third-order valence-corrected chi connectivity index (χ3v) is 2.27. The molecule has 0 aliphatic heterocycles. The summed E-state index contributed by atoms with van der Waals surface area (Å²) in [4.78, 5) is 21.7. The van der Waals surface area contributed by atoms with Crippen LogP contribution < -0.4 is 0 Å². The summed E-state index contributed by atoms with van der Waals surface area (Å²) >= 11 is -2.68. The highest BCUT2D eigenvalue weighted by Crippen LogP contribution is 2.04. The molecule has 1 atom stereocenters. The van der Waals surface area contributed by atoms with Crippen LogP contribution in [0.3, 0.4) is 0 Å². The van der Waals surface area contributed by atoms with Crippen molar-refractivity contribution >= 4 is 23.3 Å². The van der Waals surface area contributed by atoms with Gasteiger partial charge in [0.1, 0.15) is 0 Å². The second-order valence-electron chi connectivity index (χ2n) is 2.79. The Morgan fingerprint density at radius 3 is 2.33 bits per heavy atom. The normalized spacial score (nSPS) is 11.6. The van der Waals surface area contributed by atoms with Crippen molar-refractivity contribution in [1.82, 2.24) is 0 Å². The largest absolute Gasteiger partial charge is 0.459 e. The van der Waals surface area contributed by atoms with E-state index >= 15 is 0 Å². The zero-order chi connectivity index (χ0) is 11.4. The number of hydrogen-bond donors (Lipinski definition) is 1. The number of rotatable bonds is 2. The topological polar surface area (TPSA) is 74.5 Å². The highest BCUT2D eigenvalue weighted by atomic mass is 32.2. The SMILES string of the molecule is Cc1ccc(C(=O)[N+](=C=O)S(=O)O)cc1. The minimum absolute atomic E-state index is 0.0880. The zero-order valence-corrected chi connectivity index (χ0v) is 8.65. The maximum atomic E-state index is 11.4. The molecule has 0 saturated heterocycles. The van der Waals surface area contributed by atoms with Gasteiger partial charge in [-0.15, -0.1) is 0 Å². The molecule has 78 valence electrons. The highest BCUT2D eigenvalue weighted by Gasteiger charge is 2.27. The van der Waals surface area contributed by atoms with Crippen molar-refractivity contribution in [2.45, 2.75) is 6.92 Å². The maximum absolute atomic E-state index is 11.4. The molecule has 6 heteroatoms. The molecule has 1 unspecified atom stereocenters. The van der Waals surface area contributed by atoms with E-state index in [0.717, 1.165) is 11.6 Å². The zero-order valence-electron chi connectivity index (χ0n) is 7.84. The van der Waals surface area contributed by atoms with Crippen molar-refractivity contribution in [2.24, 2.45) is 0 Å². The smallest absolute Gasteiger partial charge is 0.251 e. The molecule has 0 heterocycles. The van der Waals surface area contributed by atoms with E-state index in [0.29, 0.717) is 0 Å². The van der Waals surface area contributed by atoms with Crippen LogP contribution in [0, 0.1) is 6.92 Å². The van der Waals surface area contributed by atoms with Crippen molar-refractivity contribution in [3.05, 3.63) is 35.4 Å².